The van der Waals surface area contributed by atoms with Gasteiger partial charge in [-0.15, -0.1) is 0 Å². The molecule has 0 bridgehead atoms. The van der Waals surface area contributed by atoms with Crippen LogP contribution in [0.4, 0.5) is 0 Å². The van der Waals surface area contributed by atoms with Gasteiger partial charge in [0.15, 0.2) is 0 Å². The Kier molecular flexibility index (Phi) is 60.0. The lowest BCUT2D eigenvalue weighted by Gasteiger charge is -2.20. The summed E-state index contributed by atoms with van der Waals surface area (Å²) in [6, 6.07) is -0.628. The average molecular weight is 1010 g/mol. The molecule has 6 heteroatoms. The Hall–Kier alpha value is -1.92. The summed E-state index contributed by atoms with van der Waals surface area (Å²) < 4.78 is 5.48. The highest BCUT2D eigenvalue weighted by Crippen LogP contribution is 2.18. The molecule has 0 aliphatic carbocycles. The minimum absolute atomic E-state index is 0.0000352. The zero-order chi connectivity index (χ0) is 52.2. The van der Waals surface area contributed by atoms with Crippen LogP contribution in [0.5, 0.6) is 0 Å². The van der Waals surface area contributed by atoms with Gasteiger partial charge in [-0.2, -0.15) is 0 Å². The molecule has 1 amide bonds. The molecule has 0 spiro atoms. The summed E-state index contributed by atoms with van der Waals surface area (Å²) in [4.78, 5) is 24.5. The van der Waals surface area contributed by atoms with Gasteiger partial charge in [-0.25, -0.2) is 0 Å². The predicted molar refractivity (Wildman–Crippen MR) is 315 cm³/mol. The number of ether oxygens (including phenoxy) is 1. The summed E-state index contributed by atoms with van der Waals surface area (Å²) >= 11 is 0. The van der Waals surface area contributed by atoms with E-state index in [0.29, 0.717) is 19.4 Å². The molecule has 0 aliphatic heterocycles. The number of aliphatic hydroxyl groups excluding tert-OH is 2. The first kappa shape index (κ1) is 70.1. The number of aliphatic hydroxyl groups is 2. The fourth-order valence-corrected chi connectivity index (χ4v) is 9.96. The number of allylic oxidation sites excluding steroid dienone is 5. The lowest BCUT2D eigenvalue weighted by atomic mass is 10.0. The van der Waals surface area contributed by atoms with Crippen molar-refractivity contribution in [1.29, 1.82) is 0 Å². The summed E-state index contributed by atoms with van der Waals surface area (Å²) in [5.74, 6) is -0.0655. The van der Waals surface area contributed by atoms with E-state index in [0.717, 1.165) is 51.4 Å². The van der Waals surface area contributed by atoms with E-state index in [9.17, 15) is 19.8 Å². The number of carbonyl (C=O) groups excluding carboxylic acids is 2. The number of unbranched alkanes of at least 4 members (excludes halogenated alkanes) is 45. The molecule has 0 radical (unpaired) electrons. The van der Waals surface area contributed by atoms with Crippen LogP contribution in [0.15, 0.2) is 36.5 Å². The predicted octanol–water partition coefficient (Wildman–Crippen LogP) is 20.4. The fraction of sp³-hybridized carbons (Fsp3) is 0.879. The van der Waals surface area contributed by atoms with Gasteiger partial charge < -0.3 is 20.3 Å². The number of nitrogens with one attached hydrogen (secondary N) is 1. The minimum atomic E-state index is -0.845. The van der Waals surface area contributed by atoms with Crippen molar-refractivity contribution >= 4 is 11.9 Å². The number of hydrogen-bond acceptors (Lipinski definition) is 5. The van der Waals surface area contributed by atoms with Crippen molar-refractivity contribution in [2.75, 3.05) is 13.2 Å². The number of rotatable bonds is 60. The molecule has 0 saturated carbocycles. The standard InChI is InChI=1S/C66H125NO5/c1-3-5-7-9-11-13-15-17-19-27-31-34-38-42-46-50-54-58-64(69)63(62-68)67-65(70)59-55-51-47-43-39-35-32-28-25-23-21-20-22-24-26-29-33-37-41-45-49-53-57-61-72-66(71)60-56-52-48-44-40-36-30-18-16-14-12-10-8-6-4-2/h12,14,18,30,54,58,63-64,68-69H,3-11,13,15-17,19-29,31-53,55-57,59-62H2,1-2H3,(H,67,70)/b14-12-,30-18-,58-54+. The smallest absolute Gasteiger partial charge is 0.305 e. The fourth-order valence-electron chi connectivity index (χ4n) is 9.96. The molecule has 0 saturated heterocycles. The van der Waals surface area contributed by atoms with E-state index in [1.165, 1.54) is 270 Å². The summed E-state index contributed by atoms with van der Waals surface area (Å²) in [6.07, 6.45) is 77.6. The molecule has 2 atom stereocenters. The van der Waals surface area contributed by atoms with E-state index in [4.69, 9.17) is 4.74 Å². The Morgan fingerprint density at radius 2 is 0.694 bits per heavy atom. The monoisotopic (exact) mass is 1010 g/mol. The zero-order valence-corrected chi connectivity index (χ0v) is 48.4. The van der Waals surface area contributed by atoms with Gasteiger partial charge in [-0.1, -0.05) is 307 Å². The zero-order valence-electron chi connectivity index (χ0n) is 48.4. The van der Waals surface area contributed by atoms with Gasteiger partial charge in [-0.3, -0.25) is 9.59 Å². The van der Waals surface area contributed by atoms with Crippen molar-refractivity contribution in [3.8, 4) is 0 Å². The van der Waals surface area contributed by atoms with Crippen molar-refractivity contribution in [3.05, 3.63) is 36.5 Å². The van der Waals surface area contributed by atoms with E-state index in [-0.39, 0.29) is 18.5 Å². The lowest BCUT2D eigenvalue weighted by Crippen LogP contribution is -2.45. The van der Waals surface area contributed by atoms with Crippen molar-refractivity contribution in [2.24, 2.45) is 0 Å². The molecular formula is C66H125NO5. The van der Waals surface area contributed by atoms with Crippen LogP contribution >= 0.6 is 0 Å². The average Bonchev–Trinajstić information content (AvgIpc) is 3.38. The third-order valence-electron chi connectivity index (χ3n) is 14.9. The molecule has 0 rings (SSSR count). The van der Waals surface area contributed by atoms with Crippen LogP contribution in [0.25, 0.3) is 0 Å². The molecule has 0 fully saturated rings. The third-order valence-corrected chi connectivity index (χ3v) is 14.9. The highest BCUT2D eigenvalue weighted by atomic mass is 16.5. The van der Waals surface area contributed by atoms with Crippen LogP contribution in [0.2, 0.25) is 0 Å². The first-order valence-electron chi connectivity index (χ1n) is 32.3. The Balaban J connectivity index is 3.40. The SMILES string of the molecule is CCCCC/C=C\C/C=C\CCCCCCCC(=O)OCCCCCCCCCCCCCCCCCCCCCCCCCC(=O)NC(CO)C(O)/C=C/CCCCCCCCCCCCCCCCC. The number of hydrogen-bond donors (Lipinski definition) is 3. The van der Waals surface area contributed by atoms with Crippen molar-refractivity contribution in [1.82, 2.24) is 5.32 Å². The van der Waals surface area contributed by atoms with Crippen LogP contribution in [-0.2, 0) is 14.3 Å². The minimum Gasteiger partial charge on any atom is -0.466 e. The normalized spacial score (nSPS) is 12.8. The van der Waals surface area contributed by atoms with Crippen LogP contribution in [0, 0.1) is 0 Å². The van der Waals surface area contributed by atoms with Crippen molar-refractivity contribution in [2.45, 2.75) is 360 Å². The van der Waals surface area contributed by atoms with Gasteiger partial charge in [0.05, 0.1) is 25.4 Å². The highest BCUT2D eigenvalue weighted by Gasteiger charge is 2.18. The summed E-state index contributed by atoms with van der Waals surface area (Å²) in [6.45, 7) is 4.89. The molecule has 0 aromatic rings. The van der Waals surface area contributed by atoms with Crippen molar-refractivity contribution < 1.29 is 24.5 Å². The van der Waals surface area contributed by atoms with Gasteiger partial charge in [0.2, 0.25) is 5.91 Å². The first-order chi connectivity index (χ1) is 35.5. The first-order valence-corrected chi connectivity index (χ1v) is 32.3. The second-order valence-corrected chi connectivity index (χ2v) is 22.1. The van der Waals surface area contributed by atoms with Crippen LogP contribution < -0.4 is 5.32 Å². The van der Waals surface area contributed by atoms with Gasteiger partial charge in [0.1, 0.15) is 0 Å². The molecule has 0 aromatic carbocycles. The van der Waals surface area contributed by atoms with Gasteiger partial charge >= 0.3 is 5.97 Å². The molecule has 6 nitrogen and oxygen atoms in total. The maximum atomic E-state index is 12.5. The van der Waals surface area contributed by atoms with Gasteiger partial charge in [-0.05, 0) is 64.2 Å². The lowest BCUT2D eigenvalue weighted by molar-refractivity contribution is -0.143. The van der Waals surface area contributed by atoms with Crippen molar-refractivity contribution in [3.63, 3.8) is 0 Å². The van der Waals surface area contributed by atoms with E-state index >= 15 is 0 Å². The quantitative estimate of drug-likeness (QED) is 0.0320. The second-order valence-electron chi connectivity index (χ2n) is 22.1. The summed E-state index contributed by atoms with van der Waals surface area (Å²) in [5.41, 5.74) is 0. The Labute approximate surface area is 449 Å². The largest absolute Gasteiger partial charge is 0.466 e. The molecule has 0 heterocycles. The Morgan fingerprint density at radius 1 is 0.389 bits per heavy atom. The maximum Gasteiger partial charge on any atom is 0.305 e. The maximum absolute atomic E-state index is 12.5. The molecule has 3 N–H and O–H groups in total. The van der Waals surface area contributed by atoms with E-state index in [1.54, 1.807) is 6.08 Å². The van der Waals surface area contributed by atoms with E-state index in [1.807, 2.05) is 6.08 Å². The molecular weight excluding hydrogens is 887 g/mol. The van der Waals surface area contributed by atoms with E-state index < -0.39 is 12.1 Å². The summed E-state index contributed by atoms with van der Waals surface area (Å²) in [5, 5.41) is 23.2. The van der Waals surface area contributed by atoms with Crippen LogP contribution in [0.3, 0.4) is 0 Å². The number of amides is 1. The Morgan fingerprint density at radius 3 is 1.08 bits per heavy atom. The molecule has 424 valence electrons. The third kappa shape index (κ3) is 57.4. The van der Waals surface area contributed by atoms with Crippen LogP contribution in [0.1, 0.15) is 348 Å². The van der Waals surface area contributed by atoms with Gasteiger partial charge in [0.25, 0.3) is 0 Å². The topological polar surface area (TPSA) is 95.9 Å². The number of carbonyl (C=O) groups is 2. The molecule has 2 unspecified atom stereocenters. The second kappa shape index (κ2) is 61.6. The van der Waals surface area contributed by atoms with Crippen LogP contribution in [-0.4, -0.2) is 47.4 Å². The highest BCUT2D eigenvalue weighted by molar-refractivity contribution is 5.76. The summed E-state index contributed by atoms with van der Waals surface area (Å²) in [7, 11) is 0. The Bertz CT molecular complexity index is 1170. The molecule has 72 heavy (non-hydrogen) atoms. The molecule has 0 aliphatic rings. The molecule has 0 aromatic heterocycles. The number of esters is 1. The van der Waals surface area contributed by atoms with Gasteiger partial charge in [0, 0.05) is 12.8 Å². The van der Waals surface area contributed by atoms with E-state index in [2.05, 4.69) is 43.5 Å².